The van der Waals surface area contributed by atoms with Crippen molar-refractivity contribution in [1.82, 2.24) is 0 Å². The second kappa shape index (κ2) is 6.35. The summed E-state index contributed by atoms with van der Waals surface area (Å²) in [5.74, 6) is 1.85. The van der Waals surface area contributed by atoms with E-state index in [1.165, 1.54) is 0 Å². The maximum atomic E-state index is 5.95. The summed E-state index contributed by atoms with van der Waals surface area (Å²) >= 11 is 0. The van der Waals surface area contributed by atoms with Gasteiger partial charge < -0.3 is 8.85 Å². The van der Waals surface area contributed by atoms with Gasteiger partial charge in [0.05, 0.1) is 0 Å². The van der Waals surface area contributed by atoms with Gasteiger partial charge in [0.1, 0.15) is 0 Å². The third-order valence-electron chi connectivity index (χ3n) is 4.46. The monoisotopic (exact) mass is 260 g/mol. The SMILES string of the molecule is CO[Si](CC(C)C)(OC)C(C)(C)C(C)C(C)C. The maximum absolute atomic E-state index is 5.95. The molecule has 3 heteroatoms. The van der Waals surface area contributed by atoms with E-state index in [2.05, 4.69) is 48.5 Å². The van der Waals surface area contributed by atoms with Gasteiger partial charge in [0.2, 0.25) is 0 Å². The summed E-state index contributed by atoms with van der Waals surface area (Å²) < 4.78 is 11.9. The van der Waals surface area contributed by atoms with Gasteiger partial charge >= 0.3 is 8.56 Å². The highest BCUT2D eigenvalue weighted by atomic mass is 28.4. The van der Waals surface area contributed by atoms with Crippen molar-refractivity contribution in [2.75, 3.05) is 14.2 Å². The van der Waals surface area contributed by atoms with Crippen LogP contribution in [0.1, 0.15) is 48.5 Å². The normalized spacial score (nSPS) is 15.7. The minimum atomic E-state index is -2.16. The molecule has 0 fully saturated rings. The molecule has 104 valence electrons. The molecule has 0 aliphatic heterocycles. The van der Waals surface area contributed by atoms with Crippen LogP contribution in [-0.2, 0) is 8.85 Å². The van der Waals surface area contributed by atoms with Crippen LogP contribution in [0.5, 0.6) is 0 Å². The lowest BCUT2D eigenvalue weighted by Crippen LogP contribution is -2.54. The first kappa shape index (κ1) is 17.1. The molecule has 0 amide bonds. The molecule has 1 unspecified atom stereocenters. The Labute approximate surface area is 109 Å². The molecule has 0 saturated heterocycles. The summed E-state index contributed by atoms with van der Waals surface area (Å²) in [6.45, 7) is 16.0. The zero-order chi connectivity index (χ0) is 13.9. The van der Waals surface area contributed by atoms with E-state index in [9.17, 15) is 0 Å². The van der Waals surface area contributed by atoms with Crippen molar-refractivity contribution in [3.8, 4) is 0 Å². The first-order valence-corrected chi connectivity index (χ1v) is 8.77. The van der Waals surface area contributed by atoms with E-state index in [4.69, 9.17) is 8.85 Å². The van der Waals surface area contributed by atoms with Crippen LogP contribution in [-0.4, -0.2) is 22.8 Å². The van der Waals surface area contributed by atoms with Crippen LogP contribution in [0, 0.1) is 17.8 Å². The first-order valence-electron chi connectivity index (χ1n) is 6.75. The highest BCUT2D eigenvalue weighted by Gasteiger charge is 2.54. The van der Waals surface area contributed by atoms with E-state index in [1.54, 1.807) is 0 Å². The summed E-state index contributed by atoms with van der Waals surface area (Å²) in [5.41, 5.74) is 0. The molecule has 2 nitrogen and oxygen atoms in total. The van der Waals surface area contributed by atoms with Crippen LogP contribution in [0.15, 0.2) is 0 Å². The van der Waals surface area contributed by atoms with Crippen molar-refractivity contribution >= 4 is 8.56 Å². The molecule has 17 heavy (non-hydrogen) atoms. The summed E-state index contributed by atoms with van der Waals surface area (Å²) in [7, 11) is 1.49. The Bertz CT molecular complexity index is 220. The van der Waals surface area contributed by atoms with Gasteiger partial charge in [-0.15, -0.1) is 0 Å². The predicted molar refractivity (Wildman–Crippen MR) is 77.5 cm³/mol. The Morgan fingerprint density at radius 1 is 0.941 bits per heavy atom. The van der Waals surface area contributed by atoms with Crippen molar-refractivity contribution in [2.24, 2.45) is 17.8 Å². The maximum Gasteiger partial charge on any atom is 0.344 e. The zero-order valence-electron chi connectivity index (χ0n) is 13.3. The average molecular weight is 260 g/mol. The predicted octanol–water partition coefficient (Wildman–Crippen LogP) is 4.45. The third kappa shape index (κ3) is 3.55. The van der Waals surface area contributed by atoms with Crippen LogP contribution < -0.4 is 0 Å². The quantitative estimate of drug-likeness (QED) is 0.630. The molecular weight excluding hydrogens is 228 g/mol. The van der Waals surface area contributed by atoms with E-state index >= 15 is 0 Å². The summed E-state index contributed by atoms with van der Waals surface area (Å²) in [5, 5.41) is 0.120. The smallest absolute Gasteiger partial charge is 0.344 e. The largest absolute Gasteiger partial charge is 0.397 e. The Kier molecular flexibility index (Phi) is 6.40. The molecule has 1 atom stereocenters. The van der Waals surface area contributed by atoms with E-state index in [0.29, 0.717) is 17.8 Å². The molecule has 0 aliphatic carbocycles. The van der Waals surface area contributed by atoms with Crippen molar-refractivity contribution in [1.29, 1.82) is 0 Å². The molecule has 0 rings (SSSR count). The third-order valence-corrected chi connectivity index (χ3v) is 9.55. The van der Waals surface area contributed by atoms with Crippen LogP contribution in [0.4, 0.5) is 0 Å². The number of hydrogen-bond donors (Lipinski definition) is 0. The van der Waals surface area contributed by atoms with Crippen LogP contribution in [0.2, 0.25) is 11.1 Å². The minimum Gasteiger partial charge on any atom is -0.397 e. The van der Waals surface area contributed by atoms with Gasteiger partial charge in [-0.2, -0.15) is 0 Å². The Morgan fingerprint density at radius 3 is 1.59 bits per heavy atom. The molecule has 0 N–H and O–H groups in total. The molecule has 0 bridgehead atoms. The molecule has 0 radical (unpaired) electrons. The summed E-state index contributed by atoms with van der Waals surface area (Å²) in [6, 6.07) is 1.06. The molecule has 0 aromatic heterocycles. The van der Waals surface area contributed by atoms with Crippen LogP contribution in [0.3, 0.4) is 0 Å². The van der Waals surface area contributed by atoms with Crippen molar-refractivity contribution in [3.63, 3.8) is 0 Å². The summed E-state index contributed by atoms with van der Waals surface area (Å²) in [4.78, 5) is 0. The molecule has 0 aliphatic rings. The lowest BCUT2D eigenvalue weighted by molar-refractivity contribution is 0.168. The van der Waals surface area contributed by atoms with E-state index in [-0.39, 0.29) is 5.04 Å². The van der Waals surface area contributed by atoms with Crippen molar-refractivity contribution < 1.29 is 8.85 Å². The van der Waals surface area contributed by atoms with Crippen LogP contribution >= 0.6 is 0 Å². The average Bonchev–Trinajstić information content (AvgIpc) is 2.23. The van der Waals surface area contributed by atoms with Gasteiger partial charge in [0, 0.05) is 19.3 Å². The molecule has 0 aromatic carbocycles. The molecule has 0 saturated carbocycles. The lowest BCUT2D eigenvalue weighted by atomic mass is 9.86. The minimum absolute atomic E-state index is 0.120. The van der Waals surface area contributed by atoms with Gasteiger partial charge in [-0.05, 0) is 23.8 Å². The molecular formula is C14H32O2Si. The number of rotatable bonds is 7. The van der Waals surface area contributed by atoms with Gasteiger partial charge in [-0.25, -0.2) is 0 Å². The second-order valence-electron chi connectivity index (χ2n) is 6.51. The van der Waals surface area contributed by atoms with E-state index < -0.39 is 8.56 Å². The van der Waals surface area contributed by atoms with Gasteiger partial charge in [0.25, 0.3) is 0 Å². The fraction of sp³-hybridized carbons (Fsp3) is 1.00. The topological polar surface area (TPSA) is 18.5 Å². The molecule has 0 spiro atoms. The number of hydrogen-bond acceptors (Lipinski definition) is 2. The first-order chi connectivity index (χ1) is 7.64. The summed E-state index contributed by atoms with van der Waals surface area (Å²) in [6.07, 6.45) is 0. The zero-order valence-corrected chi connectivity index (χ0v) is 14.3. The van der Waals surface area contributed by atoms with Gasteiger partial charge in [0.15, 0.2) is 0 Å². The van der Waals surface area contributed by atoms with Crippen LogP contribution in [0.25, 0.3) is 0 Å². The van der Waals surface area contributed by atoms with E-state index in [1.807, 2.05) is 14.2 Å². The fourth-order valence-corrected chi connectivity index (χ4v) is 6.94. The van der Waals surface area contributed by atoms with Crippen molar-refractivity contribution in [2.45, 2.75) is 59.5 Å². The second-order valence-corrected chi connectivity index (χ2v) is 10.5. The Hall–Kier alpha value is 0.137. The lowest BCUT2D eigenvalue weighted by Gasteiger charge is -2.47. The standard InChI is InChI=1S/C14H32O2Si/c1-11(2)10-17(15-8,16-9)14(6,7)13(5)12(3)4/h11-13H,10H2,1-9H3. The Morgan fingerprint density at radius 2 is 1.35 bits per heavy atom. The highest BCUT2D eigenvalue weighted by Crippen LogP contribution is 2.50. The van der Waals surface area contributed by atoms with Gasteiger partial charge in [-0.3, -0.25) is 0 Å². The molecule has 0 aromatic rings. The Balaban J connectivity index is 5.28. The van der Waals surface area contributed by atoms with Gasteiger partial charge in [-0.1, -0.05) is 48.5 Å². The molecule has 0 heterocycles. The van der Waals surface area contributed by atoms with Crippen molar-refractivity contribution in [3.05, 3.63) is 0 Å². The van der Waals surface area contributed by atoms with E-state index in [0.717, 1.165) is 6.04 Å². The highest BCUT2D eigenvalue weighted by molar-refractivity contribution is 6.70. The fourth-order valence-electron chi connectivity index (χ4n) is 2.76.